The normalized spacial score (nSPS) is 10.9. The molecule has 0 saturated heterocycles. The first-order chi connectivity index (χ1) is 10.1. The van der Waals surface area contributed by atoms with Gasteiger partial charge in [-0.15, -0.1) is 11.3 Å². The third-order valence-corrected chi connectivity index (χ3v) is 4.13. The van der Waals surface area contributed by atoms with E-state index in [2.05, 4.69) is 51.7 Å². The number of nitrogens with one attached hydrogen (secondary N) is 2. The van der Waals surface area contributed by atoms with Crippen LogP contribution < -0.4 is 10.6 Å². The van der Waals surface area contributed by atoms with E-state index in [1.54, 1.807) is 17.7 Å². The first kappa shape index (κ1) is 15.7. The van der Waals surface area contributed by atoms with Gasteiger partial charge in [-0.2, -0.15) is 0 Å². The highest BCUT2D eigenvalue weighted by Gasteiger charge is 2.14. The molecule has 2 rings (SSSR count). The van der Waals surface area contributed by atoms with E-state index in [1.807, 2.05) is 6.92 Å². The Morgan fingerprint density at radius 1 is 1.19 bits per heavy atom. The lowest BCUT2D eigenvalue weighted by Gasteiger charge is -2.17. The minimum absolute atomic E-state index is 0.366. The highest BCUT2D eigenvalue weighted by Crippen LogP contribution is 2.28. The van der Waals surface area contributed by atoms with Crippen LogP contribution in [0.2, 0.25) is 0 Å². The smallest absolute Gasteiger partial charge is 0.134 e. The van der Waals surface area contributed by atoms with Crippen LogP contribution in [-0.4, -0.2) is 28.0 Å². The second-order valence-corrected chi connectivity index (χ2v) is 6.17. The maximum atomic E-state index is 4.48. The summed E-state index contributed by atoms with van der Waals surface area (Å²) in [4.78, 5) is 13.2. The predicted molar refractivity (Wildman–Crippen MR) is 89.3 cm³/mol. The van der Waals surface area contributed by atoms with E-state index in [0.29, 0.717) is 5.92 Å². The Kier molecular flexibility index (Phi) is 5.50. The minimum Gasteiger partial charge on any atom is -0.370 e. The van der Waals surface area contributed by atoms with Crippen LogP contribution >= 0.6 is 11.3 Å². The lowest BCUT2D eigenvalue weighted by atomic mass is 10.0. The van der Waals surface area contributed by atoms with E-state index < -0.39 is 0 Å². The molecule has 6 heteroatoms. The van der Waals surface area contributed by atoms with Crippen molar-refractivity contribution in [3.63, 3.8) is 0 Å². The molecule has 0 atom stereocenters. The molecule has 0 radical (unpaired) electrons. The molecule has 0 spiro atoms. The summed E-state index contributed by atoms with van der Waals surface area (Å²) >= 11 is 1.71. The second kappa shape index (κ2) is 7.36. The molecule has 0 unspecified atom stereocenters. The number of aryl methyl sites for hydroxylation is 1. The van der Waals surface area contributed by atoms with Gasteiger partial charge in [0.2, 0.25) is 0 Å². The zero-order chi connectivity index (χ0) is 15.2. The lowest BCUT2D eigenvalue weighted by molar-refractivity contribution is 0.842. The maximum Gasteiger partial charge on any atom is 0.134 e. The largest absolute Gasteiger partial charge is 0.370 e. The topological polar surface area (TPSA) is 62.7 Å². The maximum absolute atomic E-state index is 4.48. The summed E-state index contributed by atoms with van der Waals surface area (Å²) in [5.41, 5.74) is 2.24. The molecule has 5 nitrogen and oxygen atoms in total. The van der Waals surface area contributed by atoms with Crippen molar-refractivity contribution in [2.45, 2.75) is 40.0 Å². The van der Waals surface area contributed by atoms with Crippen molar-refractivity contribution < 1.29 is 0 Å². The fourth-order valence-corrected chi connectivity index (χ4v) is 2.97. The molecule has 0 aliphatic rings. The lowest BCUT2D eigenvalue weighted by Crippen LogP contribution is -2.13. The van der Waals surface area contributed by atoms with Crippen molar-refractivity contribution in [2.75, 3.05) is 23.7 Å². The first-order valence-corrected chi connectivity index (χ1v) is 8.23. The van der Waals surface area contributed by atoms with Crippen LogP contribution in [0.1, 0.15) is 43.0 Å². The van der Waals surface area contributed by atoms with Gasteiger partial charge in [0.25, 0.3) is 0 Å². The summed E-state index contributed by atoms with van der Waals surface area (Å²) in [6.07, 6.45) is 2.52. The predicted octanol–water partition coefficient (Wildman–Crippen LogP) is 3.45. The molecule has 2 heterocycles. The van der Waals surface area contributed by atoms with Crippen molar-refractivity contribution in [3.8, 4) is 0 Å². The minimum atomic E-state index is 0.366. The van der Waals surface area contributed by atoms with Crippen LogP contribution in [0.3, 0.4) is 0 Å². The van der Waals surface area contributed by atoms with E-state index in [9.17, 15) is 0 Å². The van der Waals surface area contributed by atoms with Crippen LogP contribution in [0, 0.1) is 6.92 Å². The molecule has 0 aromatic carbocycles. The van der Waals surface area contributed by atoms with Gasteiger partial charge in [0, 0.05) is 36.1 Å². The Morgan fingerprint density at radius 3 is 2.48 bits per heavy atom. The fourth-order valence-electron chi connectivity index (χ4n) is 2.20. The van der Waals surface area contributed by atoms with E-state index in [4.69, 9.17) is 0 Å². The van der Waals surface area contributed by atoms with E-state index in [0.717, 1.165) is 47.4 Å². The monoisotopic (exact) mass is 305 g/mol. The molecule has 0 amide bonds. The molecule has 2 N–H and O–H groups in total. The van der Waals surface area contributed by atoms with Crippen LogP contribution in [0.4, 0.5) is 11.6 Å². The Morgan fingerprint density at radius 2 is 1.90 bits per heavy atom. The van der Waals surface area contributed by atoms with Gasteiger partial charge < -0.3 is 10.6 Å². The van der Waals surface area contributed by atoms with Gasteiger partial charge in [-0.05, 0) is 19.8 Å². The standard InChI is InChI=1S/C15H23N5S/c1-5-16-14-13(10(2)3)15(19-9-18-14)17-7-6-12-20-11(4)8-21-12/h8-10H,5-7H2,1-4H3,(H2,16,17,18,19). The number of rotatable bonds is 7. The van der Waals surface area contributed by atoms with Crippen LogP contribution in [0.5, 0.6) is 0 Å². The first-order valence-electron chi connectivity index (χ1n) is 7.35. The van der Waals surface area contributed by atoms with E-state index in [1.165, 1.54) is 0 Å². The molecule has 0 aliphatic heterocycles. The van der Waals surface area contributed by atoms with E-state index in [-0.39, 0.29) is 0 Å². The average Bonchev–Trinajstić information content (AvgIpc) is 2.85. The highest BCUT2D eigenvalue weighted by molar-refractivity contribution is 7.09. The van der Waals surface area contributed by atoms with Crippen molar-refractivity contribution in [1.82, 2.24) is 15.0 Å². The Bertz CT molecular complexity index is 579. The highest BCUT2D eigenvalue weighted by atomic mass is 32.1. The Balaban J connectivity index is 2.06. The van der Waals surface area contributed by atoms with Crippen molar-refractivity contribution in [1.29, 1.82) is 0 Å². The average molecular weight is 305 g/mol. The molecule has 114 valence electrons. The number of anilines is 2. The SMILES string of the molecule is CCNc1ncnc(NCCc2nc(C)cs2)c1C(C)C. The molecule has 0 fully saturated rings. The van der Waals surface area contributed by atoms with Gasteiger partial charge in [-0.25, -0.2) is 15.0 Å². The summed E-state index contributed by atoms with van der Waals surface area (Å²) in [5.74, 6) is 2.21. The molecule has 0 aliphatic carbocycles. The van der Waals surface area contributed by atoms with Gasteiger partial charge in [0.15, 0.2) is 0 Å². The summed E-state index contributed by atoms with van der Waals surface area (Å²) < 4.78 is 0. The zero-order valence-corrected chi connectivity index (χ0v) is 13.9. The summed E-state index contributed by atoms with van der Waals surface area (Å²) in [7, 11) is 0. The van der Waals surface area contributed by atoms with Gasteiger partial charge in [0.05, 0.1) is 5.01 Å². The quantitative estimate of drug-likeness (QED) is 0.820. The number of hydrogen-bond acceptors (Lipinski definition) is 6. The Hall–Kier alpha value is -1.69. The molecule has 0 bridgehead atoms. The fraction of sp³-hybridized carbons (Fsp3) is 0.533. The molecule has 2 aromatic heterocycles. The number of hydrogen-bond donors (Lipinski definition) is 2. The second-order valence-electron chi connectivity index (χ2n) is 5.23. The van der Waals surface area contributed by atoms with Crippen LogP contribution in [0.15, 0.2) is 11.7 Å². The van der Waals surface area contributed by atoms with Gasteiger partial charge in [0.1, 0.15) is 18.0 Å². The summed E-state index contributed by atoms with van der Waals surface area (Å²) in [5, 5.41) is 9.98. The Labute approximate surface area is 130 Å². The van der Waals surface area contributed by atoms with Crippen molar-refractivity contribution in [3.05, 3.63) is 28.0 Å². The van der Waals surface area contributed by atoms with E-state index >= 15 is 0 Å². The zero-order valence-electron chi connectivity index (χ0n) is 13.1. The van der Waals surface area contributed by atoms with Gasteiger partial charge in [-0.3, -0.25) is 0 Å². The molecule has 21 heavy (non-hydrogen) atoms. The molecule has 0 saturated carbocycles. The van der Waals surface area contributed by atoms with Crippen molar-refractivity contribution >= 4 is 23.0 Å². The number of aromatic nitrogens is 3. The van der Waals surface area contributed by atoms with Gasteiger partial charge in [-0.1, -0.05) is 13.8 Å². The molecular weight excluding hydrogens is 282 g/mol. The number of nitrogens with zero attached hydrogens (tertiary/aromatic N) is 3. The third-order valence-electron chi connectivity index (χ3n) is 3.10. The van der Waals surface area contributed by atoms with Crippen LogP contribution in [0.25, 0.3) is 0 Å². The molecule has 2 aromatic rings. The van der Waals surface area contributed by atoms with Gasteiger partial charge >= 0.3 is 0 Å². The molecular formula is C15H23N5S. The summed E-state index contributed by atoms with van der Waals surface area (Å²) in [6.45, 7) is 10.1. The van der Waals surface area contributed by atoms with Crippen LogP contribution in [-0.2, 0) is 6.42 Å². The number of thiazole rings is 1. The van der Waals surface area contributed by atoms with Crippen molar-refractivity contribution in [2.24, 2.45) is 0 Å². The summed E-state index contributed by atoms with van der Waals surface area (Å²) in [6, 6.07) is 0. The third kappa shape index (κ3) is 4.14.